The van der Waals surface area contributed by atoms with Gasteiger partial charge in [0, 0.05) is 30.4 Å². The lowest BCUT2D eigenvalue weighted by Gasteiger charge is -2.22. The van der Waals surface area contributed by atoms with Crippen LogP contribution in [0.1, 0.15) is 32.0 Å². The van der Waals surface area contributed by atoms with E-state index in [1.807, 2.05) is 27.0 Å². The number of nitrogens with one attached hydrogen (secondary N) is 1. The van der Waals surface area contributed by atoms with Crippen LogP contribution < -0.4 is 5.32 Å². The minimum Gasteiger partial charge on any atom is -0.350 e. The first-order valence-electron chi connectivity index (χ1n) is 5.75. The van der Waals surface area contributed by atoms with E-state index in [9.17, 15) is 4.79 Å². The van der Waals surface area contributed by atoms with Gasteiger partial charge in [0.1, 0.15) is 6.33 Å². The molecule has 1 amide bonds. The minimum absolute atomic E-state index is 0.0539. The van der Waals surface area contributed by atoms with Crippen LogP contribution in [0.5, 0.6) is 0 Å². The number of hydrogen-bond donors (Lipinski definition) is 1. The van der Waals surface area contributed by atoms with Crippen LogP contribution in [0.4, 0.5) is 0 Å². The molecule has 17 heavy (non-hydrogen) atoms. The second kappa shape index (κ2) is 4.41. The molecule has 2 rings (SSSR count). The molecule has 0 bridgehead atoms. The molecule has 1 aliphatic heterocycles. The van der Waals surface area contributed by atoms with Gasteiger partial charge in [0.15, 0.2) is 0 Å². The summed E-state index contributed by atoms with van der Waals surface area (Å²) in [7, 11) is 0. The topological polar surface area (TPSA) is 58.1 Å². The van der Waals surface area contributed by atoms with Crippen LogP contribution in [0, 0.1) is 0 Å². The van der Waals surface area contributed by atoms with Crippen molar-refractivity contribution in [3.05, 3.63) is 23.8 Å². The third-order valence-electron chi connectivity index (χ3n) is 2.53. The van der Waals surface area contributed by atoms with Gasteiger partial charge >= 0.3 is 0 Å². The van der Waals surface area contributed by atoms with Crippen molar-refractivity contribution in [2.75, 3.05) is 6.54 Å². The summed E-state index contributed by atoms with van der Waals surface area (Å²) < 4.78 is 0. The molecular weight excluding hydrogens is 216 g/mol. The Hall–Kier alpha value is -1.49. The Bertz CT molecular complexity index is 400. The first-order valence-corrected chi connectivity index (χ1v) is 5.75. The van der Waals surface area contributed by atoms with Gasteiger partial charge in [-0.2, -0.15) is 0 Å². The summed E-state index contributed by atoms with van der Waals surface area (Å²) in [6.07, 6.45) is 3.38. The average molecular weight is 234 g/mol. The largest absolute Gasteiger partial charge is 0.350 e. The molecule has 92 valence electrons. The molecule has 1 N–H and O–H groups in total. The number of amides is 1. The van der Waals surface area contributed by atoms with Crippen LogP contribution >= 0.6 is 0 Å². The molecule has 1 aromatic heterocycles. The number of aromatic nitrogens is 2. The van der Waals surface area contributed by atoms with E-state index in [1.54, 1.807) is 6.33 Å². The summed E-state index contributed by atoms with van der Waals surface area (Å²) in [6.45, 7) is 7.84. The van der Waals surface area contributed by atoms with Crippen molar-refractivity contribution in [1.82, 2.24) is 20.2 Å². The van der Waals surface area contributed by atoms with Crippen molar-refractivity contribution in [1.29, 1.82) is 0 Å². The zero-order valence-corrected chi connectivity index (χ0v) is 10.5. The molecule has 0 atom stereocenters. The summed E-state index contributed by atoms with van der Waals surface area (Å²) in [6, 6.07) is 0. The summed E-state index contributed by atoms with van der Waals surface area (Å²) >= 11 is 0. The monoisotopic (exact) mass is 234 g/mol. The van der Waals surface area contributed by atoms with E-state index in [0.29, 0.717) is 6.54 Å². The normalized spacial score (nSPS) is 15.7. The quantitative estimate of drug-likeness (QED) is 0.818. The molecule has 0 aromatic carbocycles. The van der Waals surface area contributed by atoms with Gasteiger partial charge in [0.25, 0.3) is 0 Å². The highest BCUT2D eigenvalue weighted by molar-refractivity contribution is 5.78. The fraction of sp³-hybridized carbons (Fsp3) is 0.583. The predicted molar refractivity (Wildman–Crippen MR) is 64.0 cm³/mol. The third-order valence-corrected chi connectivity index (χ3v) is 2.53. The first-order chi connectivity index (χ1) is 7.94. The zero-order chi connectivity index (χ0) is 12.5. The highest BCUT2D eigenvalue weighted by atomic mass is 16.2. The van der Waals surface area contributed by atoms with Crippen molar-refractivity contribution in [2.45, 2.75) is 39.4 Å². The van der Waals surface area contributed by atoms with E-state index in [1.165, 1.54) is 0 Å². The second-order valence-electron chi connectivity index (χ2n) is 5.44. The van der Waals surface area contributed by atoms with Crippen LogP contribution in [0.2, 0.25) is 0 Å². The molecule has 0 unspecified atom stereocenters. The number of nitrogens with zero attached hydrogens (tertiary/aromatic N) is 3. The number of hydrogen-bond acceptors (Lipinski definition) is 4. The summed E-state index contributed by atoms with van der Waals surface area (Å²) in [4.78, 5) is 22.0. The Labute approximate surface area is 101 Å². The van der Waals surface area contributed by atoms with Gasteiger partial charge in [-0.3, -0.25) is 9.69 Å². The highest BCUT2D eigenvalue weighted by Crippen LogP contribution is 2.18. The van der Waals surface area contributed by atoms with Gasteiger partial charge in [0.2, 0.25) is 5.91 Å². The predicted octanol–water partition coefficient (Wildman–Crippen LogP) is 0.707. The molecule has 0 aliphatic carbocycles. The van der Waals surface area contributed by atoms with Crippen molar-refractivity contribution < 1.29 is 4.79 Å². The van der Waals surface area contributed by atoms with E-state index in [0.717, 1.165) is 24.3 Å². The van der Waals surface area contributed by atoms with E-state index in [4.69, 9.17) is 0 Å². The lowest BCUT2D eigenvalue weighted by atomic mass is 10.1. The molecule has 0 saturated heterocycles. The molecule has 1 aromatic rings. The second-order valence-corrected chi connectivity index (χ2v) is 5.44. The summed E-state index contributed by atoms with van der Waals surface area (Å²) in [5.74, 6) is 0.0539. The third kappa shape index (κ3) is 3.23. The lowest BCUT2D eigenvalue weighted by Crippen LogP contribution is -2.45. The standard InChI is InChI=1S/C12H18N4O/c1-12(2,3)15-11(17)7-16-5-9-4-13-8-14-10(9)6-16/h4,8H,5-7H2,1-3H3,(H,15,17). The van der Waals surface area contributed by atoms with Crippen molar-refractivity contribution in [3.63, 3.8) is 0 Å². The van der Waals surface area contributed by atoms with Crippen LogP contribution in [0.15, 0.2) is 12.5 Å². The molecule has 2 heterocycles. The lowest BCUT2D eigenvalue weighted by molar-refractivity contribution is -0.123. The van der Waals surface area contributed by atoms with E-state index >= 15 is 0 Å². The van der Waals surface area contributed by atoms with E-state index < -0.39 is 0 Å². The maximum absolute atomic E-state index is 11.8. The fourth-order valence-corrected chi connectivity index (χ4v) is 1.94. The summed E-state index contributed by atoms with van der Waals surface area (Å²) in [5, 5.41) is 2.96. The number of carbonyl (C=O) groups is 1. The van der Waals surface area contributed by atoms with Crippen molar-refractivity contribution in [2.24, 2.45) is 0 Å². The van der Waals surface area contributed by atoms with Gasteiger partial charge < -0.3 is 5.32 Å². The van der Waals surface area contributed by atoms with Crippen LogP contribution in [-0.4, -0.2) is 32.9 Å². The Kier molecular flexibility index (Phi) is 3.11. The molecule has 0 saturated carbocycles. The Morgan fingerprint density at radius 1 is 1.47 bits per heavy atom. The minimum atomic E-state index is -0.177. The summed E-state index contributed by atoms with van der Waals surface area (Å²) in [5.41, 5.74) is 1.98. The molecule has 5 nitrogen and oxygen atoms in total. The number of carbonyl (C=O) groups excluding carboxylic acids is 1. The Balaban J connectivity index is 1.90. The van der Waals surface area contributed by atoms with Gasteiger partial charge in [-0.05, 0) is 20.8 Å². The first kappa shape index (κ1) is 12.0. The molecule has 0 fully saturated rings. The highest BCUT2D eigenvalue weighted by Gasteiger charge is 2.23. The van der Waals surface area contributed by atoms with Crippen LogP contribution in [0.3, 0.4) is 0 Å². The smallest absolute Gasteiger partial charge is 0.234 e. The molecule has 1 aliphatic rings. The zero-order valence-electron chi connectivity index (χ0n) is 10.5. The maximum atomic E-state index is 11.8. The van der Waals surface area contributed by atoms with Gasteiger partial charge in [-0.1, -0.05) is 0 Å². The van der Waals surface area contributed by atoms with Crippen molar-refractivity contribution in [3.8, 4) is 0 Å². The number of fused-ring (bicyclic) bond motifs is 1. The van der Waals surface area contributed by atoms with Crippen molar-refractivity contribution >= 4 is 5.91 Å². The SMILES string of the molecule is CC(C)(C)NC(=O)CN1Cc2cncnc2C1. The van der Waals surface area contributed by atoms with Crippen LogP contribution in [-0.2, 0) is 17.9 Å². The van der Waals surface area contributed by atoms with Crippen LogP contribution in [0.25, 0.3) is 0 Å². The molecule has 0 radical (unpaired) electrons. The fourth-order valence-electron chi connectivity index (χ4n) is 1.94. The van der Waals surface area contributed by atoms with Gasteiger partial charge in [0.05, 0.1) is 12.2 Å². The maximum Gasteiger partial charge on any atom is 0.234 e. The van der Waals surface area contributed by atoms with E-state index in [2.05, 4.69) is 20.2 Å². The average Bonchev–Trinajstić information content (AvgIpc) is 2.55. The van der Waals surface area contributed by atoms with E-state index in [-0.39, 0.29) is 11.4 Å². The molecule has 0 spiro atoms. The molecule has 5 heteroatoms. The van der Waals surface area contributed by atoms with Gasteiger partial charge in [-0.15, -0.1) is 0 Å². The van der Waals surface area contributed by atoms with Gasteiger partial charge in [-0.25, -0.2) is 9.97 Å². The Morgan fingerprint density at radius 3 is 2.88 bits per heavy atom. The molecular formula is C12H18N4O. The Morgan fingerprint density at radius 2 is 2.24 bits per heavy atom. The number of rotatable bonds is 2.